The minimum absolute atomic E-state index is 0.0698. The van der Waals surface area contributed by atoms with Gasteiger partial charge in [-0.15, -0.1) is 0 Å². The van der Waals surface area contributed by atoms with Crippen LogP contribution in [0.4, 0.5) is 0 Å². The molecule has 6 heteroatoms. The summed E-state index contributed by atoms with van der Waals surface area (Å²) in [6.45, 7) is 13.6. The lowest BCUT2D eigenvalue weighted by Crippen LogP contribution is -2.11. The minimum Gasteiger partial charge on any atom is -0.308 e. The summed E-state index contributed by atoms with van der Waals surface area (Å²) in [7, 11) is 0. The quantitative estimate of drug-likeness (QED) is 0.160. The maximum Gasteiger partial charge on any atom is 0.166 e. The highest BCUT2D eigenvalue weighted by Crippen LogP contribution is 2.41. The van der Waals surface area contributed by atoms with Crippen LogP contribution in [0.25, 0.3) is 95.6 Å². The van der Waals surface area contributed by atoms with Gasteiger partial charge in [-0.1, -0.05) is 187 Å². The van der Waals surface area contributed by atoms with Crippen molar-refractivity contribution in [3.8, 4) is 73.8 Å². The first-order chi connectivity index (χ1) is 30.5. The monoisotopic (exact) mass is 816 g/mol. The Morgan fingerprint density at radius 3 is 1.16 bits per heavy atom. The molecular formula is C57H48N6. The molecule has 63 heavy (non-hydrogen) atoms. The van der Waals surface area contributed by atoms with E-state index in [2.05, 4.69) is 131 Å². The zero-order chi connectivity index (χ0) is 43.3. The summed E-state index contributed by atoms with van der Waals surface area (Å²) < 4.78 is 2.42. The van der Waals surface area contributed by atoms with Gasteiger partial charge in [0.1, 0.15) is 0 Å². The van der Waals surface area contributed by atoms with Gasteiger partial charge in [-0.05, 0) is 58.4 Å². The first-order valence-corrected chi connectivity index (χ1v) is 21.6. The van der Waals surface area contributed by atoms with Crippen molar-refractivity contribution in [2.24, 2.45) is 0 Å². The van der Waals surface area contributed by atoms with Crippen LogP contribution in [0.15, 0.2) is 182 Å². The van der Waals surface area contributed by atoms with E-state index in [0.29, 0.717) is 23.3 Å². The summed E-state index contributed by atoms with van der Waals surface area (Å²) in [5.41, 5.74) is 12.8. The molecule has 3 aromatic heterocycles. The van der Waals surface area contributed by atoms with Gasteiger partial charge in [-0.2, -0.15) is 0 Å². The van der Waals surface area contributed by atoms with Crippen molar-refractivity contribution in [3.63, 3.8) is 0 Å². The number of benzene rings is 7. The molecule has 0 fully saturated rings. The molecule has 10 aromatic rings. The van der Waals surface area contributed by atoms with Crippen LogP contribution in [0.2, 0.25) is 0 Å². The van der Waals surface area contributed by atoms with E-state index in [9.17, 15) is 0 Å². The molecule has 0 unspecified atom stereocenters. The van der Waals surface area contributed by atoms with Crippen LogP contribution in [-0.4, -0.2) is 29.5 Å². The standard InChI is InChI=1S/C57H48N6/c1-56(2,3)42-28-30-44-45-31-29-43(57(4,5)6)35-51(45)63(50(44)34-42)49-32-27-41(54-58-47(37-19-11-7-12-20-37)36-48(59-54)38-21-13-8-14-22-38)33-46(49)55-61-52(39-23-15-9-16-24-39)60-53(62-55)40-25-17-10-18-26-40/h7-36H,1-6H3. The Labute approximate surface area is 369 Å². The first kappa shape index (κ1) is 39.6. The van der Waals surface area contributed by atoms with E-state index in [4.69, 9.17) is 24.9 Å². The number of nitrogens with zero attached hydrogens (tertiary/aromatic N) is 6. The molecule has 0 amide bonds. The zero-order valence-corrected chi connectivity index (χ0v) is 36.5. The summed E-state index contributed by atoms with van der Waals surface area (Å²) >= 11 is 0. The highest BCUT2D eigenvalue weighted by Gasteiger charge is 2.25. The van der Waals surface area contributed by atoms with Gasteiger partial charge >= 0.3 is 0 Å². The number of hydrogen-bond acceptors (Lipinski definition) is 5. The highest BCUT2D eigenvalue weighted by atomic mass is 15.1. The van der Waals surface area contributed by atoms with E-state index in [0.717, 1.165) is 61.5 Å². The molecule has 10 rings (SSSR count). The van der Waals surface area contributed by atoms with Crippen LogP contribution in [0.3, 0.4) is 0 Å². The van der Waals surface area contributed by atoms with Crippen LogP contribution in [0, 0.1) is 0 Å². The number of fused-ring (bicyclic) bond motifs is 3. The Morgan fingerprint density at radius 2 is 0.730 bits per heavy atom. The van der Waals surface area contributed by atoms with Crippen molar-refractivity contribution in [1.82, 2.24) is 29.5 Å². The second-order valence-electron chi connectivity index (χ2n) is 18.3. The Hall–Kier alpha value is -7.57. The van der Waals surface area contributed by atoms with Crippen molar-refractivity contribution in [2.45, 2.75) is 52.4 Å². The molecule has 0 radical (unpaired) electrons. The van der Waals surface area contributed by atoms with E-state index < -0.39 is 0 Å². The van der Waals surface area contributed by atoms with Crippen molar-refractivity contribution >= 4 is 21.8 Å². The third-order valence-electron chi connectivity index (χ3n) is 11.8. The molecule has 0 aliphatic carbocycles. The average molecular weight is 817 g/mol. The van der Waals surface area contributed by atoms with E-state index in [1.54, 1.807) is 0 Å². The van der Waals surface area contributed by atoms with Crippen LogP contribution >= 0.6 is 0 Å². The molecule has 0 bridgehead atoms. The fourth-order valence-electron chi connectivity index (χ4n) is 8.28. The molecule has 0 saturated heterocycles. The van der Waals surface area contributed by atoms with Gasteiger partial charge in [0.05, 0.1) is 28.1 Å². The molecule has 7 aromatic carbocycles. The molecule has 0 saturated carbocycles. The predicted octanol–water partition coefficient (Wildman–Crippen LogP) is 14.4. The first-order valence-electron chi connectivity index (χ1n) is 21.6. The highest BCUT2D eigenvalue weighted by molar-refractivity contribution is 6.10. The lowest BCUT2D eigenvalue weighted by atomic mass is 9.86. The van der Waals surface area contributed by atoms with Crippen molar-refractivity contribution in [1.29, 1.82) is 0 Å². The number of rotatable bonds is 7. The largest absolute Gasteiger partial charge is 0.308 e. The summed E-state index contributed by atoms with van der Waals surface area (Å²) in [4.78, 5) is 26.3. The third kappa shape index (κ3) is 7.70. The molecule has 3 heterocycles. The van der Waals surface area contributed by atoms with Gasteiger partial charge in [-0.3, -0.25) is 0 Å². The lowest BCUT2D eigenvalue weighted by molar-refractivity contribution is 0.591. The van der Waals surface area contributed by atoms with E-state index in [1.165, 1.54) is 21.9 Å². The topological polar surface area (TPSA) is 69.4 Å². The molecule has 0 aliphatic rings. The maximum absolute atomic E-state index is 5.33. The van der Waals surface area contributed by atoms with Gasteiger partial charge in [0.2, 0.25) is 0 Å². The van der Waals surface area contributed by atoms with Crippen LogP contribution in [0.5, 0.6) is 0 Å². The summed E-state index contributed by atoms with van der Waals surface area (Å²) in [5, 5.41) is 2.37. The second-order valence-corrected chi connectivity index (χ2v) is 18.3. The Kier molecular flexibility index (Phi) is 9.87. The summed E-state index contributed by atoms with van der Waals surface area (Å²) in [5.74, 6) is 2.35. The van der Waals surface area contributed by atoms with Gasteiger partial charge in [0.25, 0.3) is 0 Å². The summed E-state index contributed by atoms with van der Waals surface area (Å²) in [6.07, 6.45) is 0. The van der Waals surface area contributed by atoms with Crippen LogP contribution in [0.1, 0.15) is 52.7 Å². The second kappa shape index (κ2) is 15.7. The Balaban J connectivity index is 1.31. The third-order valence-corrected chi connectivity index (χ3v) is 11.8. The molecule has 6 nitrogen and oxygen atoms in total. The number of hydrogen-bond donors (Lipinski definition) is 0. The van der Waals surface area contributed by atoms with Crippen molar-refractivity contribution in [2.75, 3.05) is 0 Å². The van der Waals surface area contributed by atoms with Gasteiger partial charge < -0.3 is 4.57 Å². The minimum atomic E-state index is -0.0698. The van der Waals surface area contributed by atoms with Gasteiger partial charge in [0, 0.05) is 44.2 Å². The molecule has 0 N–H and O–H groups in total. The van der Waals surface area contributed by atoms with Crippen LogP contribution < -0.4 is 0 Å². The predicted molar refractivity (Wildman–Crippen MR) is 260 cm³/mol. The van der Waals surface area contributed by atoms with Crippen molar-refractivity contribution in [3.05, 3.63) is 193 Å². The fourth-order valence-corrected chi connectivity index (χ4v) is 8.28. The molecular weight excluding hydrogens is 769 g/mol. The molecule has 306 valence electrons. The summed E-state index contributed by atoms with van der Waals surface area (Å²) in [6, 6.07) is 63.4. The van der Waals surface area contributed by atoms with Crippen molar-refractivity contribution < 1.29 is 0 Å². The Morgan fingerprint density at radius 1 is 0.333 bits per heavy atom. The Bertz CT molecular complexity index is 3080. The van der Waals surface area contributed by atoms with Gasteiger partial charge in [-0.25, -0.2) is 24.9 Å². The number of aromatic nitrogens is 6. The molecule has 0 atom stereocenters. The lowest BCUT2D eigenvalue weighted by Gasteiger charge is -2.21. The van der Waals surface area contributed by atoms with Crippen LogP contribution in [-0.2, 0) is 10.8 Å². The molecule has 0 aliphatic heterocycles. The molecule has 0 spiro atoms. The average Bonchev–Trinajstić information content (AvgIpc) is 3.64. The zero-order valence-electron chi connectivity index (χ0n) is 36.5. The SMILES string of the molecule is CC(C)(C)c1ccc2c3ccc(C(C)(C)C)cc3n(-c3ccc(-c4nc(-c5ccccc5)cc(-c5ccccc5)n4)cc3-c3nc(-c4ccccc4)nc(-c4ccccc4)n3)c2c1. The van der Waals surface area contributed by atoms with E-state index in [-0.39, 0.29) is 10.8 Å². The van der Waals surface area contributed by atoms with E-state index >= 15 is 0 Å². The van der Waals surface area contributed by atoms with Gasteiger partial charge in [0.15, 0.2) is 23.3 Å². The normalized spacial score (nSPS) is 12.0. The maximum atomic E-state index is 5.33. The van der Waals surface area contributed by atoms with E-state index in [1.807, 2.05) is 97.1 Å². The smallest absolute Gasteiger partial charge is 0.166 e. The fraction of sp³-hybridized carbons (Fsp3) is 0.140.